The first kappa shape index (κ1) is 12.1. The van der Waals surface area contributed by atoms with Crippen molar-refractivity contribution in [3.8, 4) is 11.5 Å². The second-order valence-corrected chi connectivity index (χ2v) is 5.35. The summed E-state index contributed by atoms with van der Waals surface area (Å²) in [6, 6.07) is 2.07. The van der Waals surface area contributed by atoms with Crippen LogP contribution < -0.4 is 14.8 Å². The van der Waals surface area contributed by atoms with Gasteiger partial charge in [-0.05, 0) is 56.0 Å². The van der Waals surface area contributed by atoms with Crippen LogP contribution in [0.1, 0.15) is 29.9 Å². The van der Waals surface area contributed by atoms with Crippen molar-refractivity contribution in [2.45, 2.75) is 25.7 Å². The van der Waals surface area contributed by atoms with Crippen molar-refractivity contribution >= 4 is 11.6 Å². The topological polar surface area (TPSA) is 30.5 Å². The average molecular weight is 268 g/mol. The Morgan fingerprint density at radius 1 is 1.22 bits per heavy atom. The van der Waals surface area contributed by atoms with E-state index in [4.69, 9.17) is 21.1 Å². The predicted molar refractivity (Wildman–Crippen MR) is 72.0 cm³/mol. The van der Waals surface area contributed by atoms with Gasteiger partial charge in [-0.2, -0.15) is 0 Å². The summed E-state index contributed by atoms with van der Waals surface area (Å²) in [5, 5.41) is 4.15. The molecule has 0 bridgehead atoms. The van der Waals surface area contributed by atoms with E-state index in [0.717, 1.165) is 42.5 Å². The van der Waals surface area contributed by atoms with Gasteiger partial charge in [0, 0.05) is 0 Å². The van der Waals surface area contributed by atoms with Gasteiger partial charge < -0.3 is 14.8 Å². The van der Waals surface area contributed by atoms with E-state index in [9.17, 15) is 0 Å². The average Bonchev–Trinajstić information content (AvgIpc) is 2.40. The minimum atomic E-state index is 0.537. The molecule has 0 amide bonds. The highest BCUT2D eigenvalue weighted by atomic mass is 35.5. The number of hydrogen-bond donors (Lipinski definition) is 1. The van der Waals surface area contributed by atoms with Gasteiger partial charge in [-0.1, -0.05) is 11.6 Å². The maximum absolute atomic E-state index is 6.54. The largest absolute Gasteiger partial charge is 0.486 e. The van der Waals surface area contributed by atoms with Gasteiger partial charge >= 0.3 is 0 Å². The van der Waals surface area contributed by atoms with Crippen LogP contribution in [0.25, 0.3) is 0 Å². The minimum Gasteiger partial charge on any atom is -0.486 e. The highest BCUT2D eigenvalue weighted by molar-refractivity contribution is 6.33. The van der Waals surface area contributed by atoms with Crippen LogP contribution in [0.4, 0.5) is 0 Å². The number of nitrogens with one attached hydrogen (secondary N) is 1. The molecule has 2 heterocycles. The zero-order chi connectivity index (χ0) is 12.5. The van der Waals surface area contributed by atoms with Crippen LogP contribution >= 0.6 is 11.6 Å². The van der Waals surface area contributed by atoms with Crippen molar-refractivity contribution < 1.29 is 9.47 Å². The zero-order valence-corrected chi connectivity index (χ0v) is 11.3. The number of hydrogen-bond acceptors (Lipinski definition) is 3. The molecule has 0 radical (unpaired) electrons. The molecule has 1 aromatic carbocycles. The molecule has 0 aliphatic carbocycles. The van der Waals surface area contributed by atoms with Gasteiger partial charge in [0.2, 0.25) is 0 Å². The Morgan fingerprint density at radius 2 is 1.94 bits per heavy atom. The van der Waals surface area contributed by atoms with Crippen LogP contribution in [-0.2, 0) is 0 Å². The number of fused-ring (bicyclic) bond motifs is 1. The molecule has 2 aliphatic heterocycles. The molecule has 1 N–H and O–H groups in total. The van der Waals surface area contributed by atoms with Gasteiger partial charge in [0.05, 0.1) is 5.02 Å². The Hall–Kier alpha value is -0.930. The number of piperidine rings is 1. The number of aryl methyl sites for hydroxylation is 1. The lowest BCUT2D eigenvalue weighted by Gasteiger charge is -2.28. The Balaban J connectivity index is 2.02. The van der Waals surface area contributed by atoms with Crippen LogP contribution in [0, 0.1) is 6.92 Å². The summed E-state index contributed by atoms with van der Waals surface area (Å²) in [5.41, 5.74) is 2.47. The van der Waals surface area contributed by atoms with Gasteiger partial charge in [0.15, 0.2) is 11.5 Å². The van der Waals surface area contributed by atoms with Crippen molar-refractivity contribution in [1.29, 1.82) is 0 Å². The summed E-state index contributed by atoms with van der Waals surface area (Å²) in [6.07, 6.45) is 2.28. The van der Waals surface area contributed by atoms with Gasteiger partial charge in [-0.3, -0.25) is 0 Å². The van der Waals surface area contributed by atoms with Gasteiger partial charge in [-0.25, -0.2) is 0 Å². The molecule has 2 aliphatic rings. The molecule has 3 nitrogen and oxygen atoms in total. The van der Waals surface area contributed by atoms with Crippen molar-refractivity contribution in [3.05, 3.63) is 22.2 Å². The van der Waals surface area contributed by atoms with E-state index in [0.29, 0.717) is 19.1 Å². The third-order valence-corrected chi connectivity index (χ3v) is 4.14. The fourth-order valence-electron chi connectivity index (χ4n) is 2.89. The summed E-state index contributed by atoms with van der Waals surface area (Å²) in [5.74, 6) is 2.07. The first-order valence-electron chi connectivity index (χ1n) is 6.56. The number of halogens is 1. The van der Waals surface area contributed by atoms with Gasteiger partial charge in [0.1, 0.15) is 13.2 Å². The normalized spacial score (nSPS) is 19.9. The standard InChI is InChI=1S/C14H18ClNO2/c1-9-8-11-14(18-7-6-17-11)13(15)12(9)10-2-4-16-5-3-10/h8,10,16H,2-7H2,1H3. The summed E-state index contributed by atoms with van der Waals surface area (Å²) in [6.45, 7) is 5.43. The molecular formula is C14H18ClNO2. The molecule has 4 heteroatoms. The zero-order valence-electron chi connectivity index (χ0n) is 10.6. The molecule has 1 saturated heterocycles. The van der Waals surface area contributed by atoms with Crippen molar-refractivity contribution in [2.75, 3.05) is 26.3 Å². The lowest BCUT2D eigenvalue weighted by molar-refractivity contribution is 0.171. The number of rotatable bonds is 1. The number of ether oxygens (including phenoxy) is 2. The van der Waals surface area contributed by atoms with E-state index in [-0.39, 0.29) is 0 Å². The van der Waals surface area contributed by atoms with Crippen molar-refractivity contribution in [2.24, 2.45) is 0 Å². The Kier molecular flexibility index (Phi) is 3.35. The molecule has 18 heavy (non-hydrogen) atoms. The monoisotopic (exact) mass is 267 g/mol. The highest BCUT2D eigenvalue weighted by Gasteiger charge is 2.26. The highest BCUT2D eigenvalue weighted by Crippen LogP contribution is 2.45. The van der Waals surface area contributed by atoms with E-state index in [2.05, 4.69) is 18.3 Å². The maximum Gasteiger partial charge on any atom is 0.180 e. The van der Waals surface area contributed by atoms with E-state index in [1.807, 2.05) is 0 Å². The van der Waals surface area contributed by atoms with Crippen LogP contribution in [0.15, 0.2) is 6.07 Å². The lowest BCUT2D eigenvalue weighted by Crippen LogP contribution is -2.27. The molecule has 0 saturated carbocycles. The molecule has 3 rings (SSSR count). The first-order valence-corrected chi connectivity index (χ1v) is 6.94. The number of benzene rings is 1. The molecule has 0 spiro atoms. The molecule has 0 atom stereocenters. The predicted octanol–water partition coefficient (Wildman–Crippen LogP) is 2.89. The molecule has 0 aromatic heterocycles. The second kappa shape index (κ2) is 4.98. The Morgan fingerprint density at radius 3 is 2.72 bits per heavy atom. The molecule has 0 unspecified atom stereocenters. The summed E-state index contributed by atoms with van der Waals surface area (Å²) in [4.78, 5) is 0. The van der Waals surface area contributed by atoms with Crippen LogP contribution in [0.5, 0.6) is 11.5 Å². The molecule has 1 aromatic rings. The van der Waals surface area contributed by atoms with E-state index < -0.39 is 0 Å². The third-order valence-electron chi connectivity index (χ3n) is 3.77. The summed E-state index contributed by atoms with van der Waals surface area (Å²) < 4.78 is 11.3. The quantitative estimate of drug-likeness (QED) is 0.849. The van der Waals surface area contributed by atoms with Crippen LogP contribution in [0.3, 0.4) is 0 Å². The van der Waals surface area contributed by atoms with Gasteiger partial charge in [-0.15, -0.1) is 0 Å². The van der Waals surface area contributed by atoms with E-state index >= 15 is 0 Å². The minimum absolute atomic E-state index is 0.537. The first-order chi connectivity index (χ1) is 8.77. The van der Waals surface area contributed by atoms with E-state index in [1.54, 1.807) is 0 Å². The third kappa shape index (κ3) is 2.06. The summed E-state index contributed by atoms with van der Waals surface area (Å²) >= 11 is 6.54. The SMILES string of the molecule is Cc1cc2c(c(Cl)c1C1CCNCC1)OCCO2. The summed E-state index contributed by atoms with van der Waals surface area (Å²) in [7, 11) is 0. The van der Waals surface area contributed by atoms with Gasteiger partial charge in [0.25, 0.3) is 0 Å². The lowest BCUT2D eigenvalue weighted by atomic mass is 9.87. The van der Waals surface area contributed by atoms with E-state index in [1.165, 1.54) is 11.1 Å². The van der Waals surface area contributed by atoms with Crippen LogP contribution in [0.2, 0.25) is 5.02 Å². The molecule has 98 valence electrons. The maximum atomic E-state index is 6.54. The smallest absolute Gasteiger partial charge is 0.180 e. The van der Waals surface area contributed by atoms with Crippen molar-refractivity contribution in [3.63, 3.8) is 0 Å². The fourth-order valence-corrected chi connectivity index (χ4v) is 3.34. The van der Waals surface area contributed by atoms with Crippen LogP contribution in [-0.4, -0.2) is 26.3 Å². The Bertz CT molecular complexity index is 456. The molecule has 1 fully saturated rings. The van der Waals surface area contributed by atoms with Crippen molar-refractivity contribution in [1.82, 2.24) is 5.32 Å². The second-order valence-electron chi connectivity index (χ2n) is 4.97. The fraction of sp³-hybridized carbons (Fsp3) is 0.571. The molecular weight excluding hydrogens is 250 g/mol. The Labute approximate surface area is 112 Å².